The number of fused-ring (bicyclic) bond motifs is 1. The molecule has 2 aromatic carbocycles. The summed E-state index contributed by atoms with van der Waals surface area (Å²) in [5.74, 6) is 0.420. The third-order valence-corrected chi connectivity index (χ3v) is 5.80. The predicted molar refractivity (Wildman–Crippen MR) is 117 cm³/mol. The molecule has 2 heterocycles. The number of rotatable bonds is 2. The van der Waals surface area contributed by atoms with E-state index < -0.39 is 22.8 Å². The Morgan fingerprint density at radius 1 is 1.16 bits per heavy atom. The summed E-state index contributed by atoms with van der Waals surface area (Å²) >= 11 is 5.62. The van der Waals surface area contributed by atoms with E-state index in [1.807, 2.05) is 6.92 Å². The molecule has 5 nitrogen and oxygen atoms in total. The van der Waals surface area contributed by atoms with E-state index in [4.69, 9.17) is 11.6 Å². The van der Waals surface area contributed by atoms with Gasteiger partial charge in [0.2, 0.25) is 0 Å². The number of piperidine rings is 1. The van der Waals surface area contributed by atoms with Gasteiger partial charge in [0.05, 0.1) is 21.6 Å². The number of halogens is 6. The average molecular weight is 491 g/mol. The van der Waals surface area contributed by atoms with Crippen molar-refractivity contribution in [2.24, 2.45) is 0 Å². The molecule has 2 amide bonds. The molecule has 172 valence electrons. The standard InChI is InChI=1S/C21H19ClF4N4O.ClH/c1-12-27-18-10-13(23)2-5-19(18)30(12)15-6-8-29(9-7-15)20(31)28-14-3-4-17(22)16(11-14)21(24,25)26;/h2-5,10-11,15H,6-9H2,1H3,(H,28,31);1H. The number of aryl methyl sites for hydroxylation is 1. The van der Waals surface area contributed by atoms with E-state index in [9.17, 15) is 22.4 Å². The van der Waals surface area contributed by atoms with Crippen LogP contribution in [0.25, 0.3) is 11.0 Å². The second-order valence-corrected chi connectivity index (χ2v) is 7.91. The maximum atomic E-state index is 13.5. The minimum atomic E-state index is -4.61. The molecule has 0 saturated carbocycles. The summed E-state index contributed by atoms with van der Waals surface area (Å²) in [6, 6.07) is 7.38. The Kier molecular flexibility index (Phi) is 6.90. The van der Waals surface area contributed by atoms with Gasteiger partial charge in [-0.15, -0.1) is 12.4 Å². The molecule has 4 rings (SSSR count). The van der Waals surface area contributed by atoms with E-state index in [1.165, 1.54) is 18.2 Å². The highest BCUT2D eigenvalue weighted by Gasteiger charge is 2.34. The molecule has 0 atom stereocenters. The van der Waals surface area contributed by atoms with Crippen LogP contribution in [0.3, 0.4) is 0 Å². The molecule has 0 bridgehead atoms. The number of urea groups is 1. The lowest BCUT2D eigenvalue weighted by Crippen LogP contribution is -2.41. The number of nitrogens with one attached hydrogen (secondary N) is 1. The highest BCUT2D eigenvalue weighted by molar-refractivity contribution is 6.31. The van der Waals surface area contributed by atoms with Gasteiger partial charge in [0.1, 0.15) is 11.6 Å². The van der Waals surface area contributed by atoms with Crippen molar-refractivity contribution in [2.75, 3.05) is 18.4 Å². The number of carbonyl (C=O) groups excluding carboxylic acids is 1. The number of hydrogen-bond acceptors (Lipinski definition) is 2. The van der Waals surface area contributed by atoms with E-state index in [0.717, 1.165) is 23.5 Å². The summed E-state index contributed by atoms with van der Waals surface area (Å²) in [4.78, 5) is 18.5. The molecule has 0 aliphatic carbocycles. The van der Waals surface area contributed by atoms with Crippen molar-refractivity contribution in [3.05, 3.63) is 58.6 Å². The molecule has 1 fully saturated rings. The van der Waals surface area contributed by atoms with Gasteiger partial charge in [-0.1, -0.05) is 11.6 Å². The zero-order valence-electron chi connectivity index (χ0n) is 16.9. The summed E-state index contributed by atoms with van der Waals surface area (Å²) in [6.07, 6.45) is -3.32. The van der Waals surface area contributed by atoms with Crippen molar-refractivity contribution in [3.8, 4) is 0 Å². The molecule has 3 aromatic rings. The van der Waals surface area contributed by atoms with E-state index in [1.54, 1.807) is 11.0 Å². The van der Waals surface area contributed by atoms with Gasteiger partial charge in [-0.3, -0.25) is 0 Å². The Balaban J connectivity index is 0.00000289. The maximum Gasteiger partial charge on any atom is 0.417 e. The number of hydrogen-bond donors (Lipinski definition) is 1. The van der Waals surface area contributed by atoms with Gasteiger partial charge in [0, 0.05) is 30.9 Å². The van der Waals surface area contributed by atoms with Crippen molar-refractivity contribution in [2.45, 2.75) is 32.0 Å². The molecule has 0 spiro atoms. The first-order valence-corrected chi connectivity index (χ1v) is 10.1. The van der Waals surface area contributed by atoms with Gasteiger partial charge >= 0.3 is 12.2 Å². The highest BCUT2D eigenvalue weighted by Crippen LogP contribution is 2.36. The average Bonchev–Trinajstić information content (AvgIpc) is 3.03. The Hall–Kier alpha value is -2.52. The number of nitrogens with zero attached hydrogens (tertiary/aromatic N) is 3. The number of benzene rings is 2. The molecular formula is C21H20Cl2F4N4O. The lowest BCUT2D eigenvalue weighted by molar-refractivity contribution is -0.137. The summed E-state index contributed by atoms with van der Waals surface area (Å²) < 4.78 is 54.6. The minimum absolute atomic E-state index is 0. The predicted octanol–water partition coefficient (Wildman–Crippen LogP) is 6.45. The molecule has 1 N–H and O–H groups in total. The van der Waals surface area contributed by atoms with Crippen LogP contribution in [0, 0.1) is 12.7 Å². The molecule has 1 saturated heterocycles. The number of carbonyl (C=O) groups is 1. The normalized spacial score (nSPS) is 15.0. The van der Waals surface area contributed by atoms with E-state index in [2.05, 4.69) is 14.9 Å². The SMILES string of the molecule is Cc1nc2cc(F)ccc2n1C1CCN(C(=O)Nc2ccc(Cl)c(C(F)(F)F)c2)CC1.Cl. The Labute approximate surface area is 192 Å². The molecule has 1 aliphatic rings. The second kappa shape index (κ2) is 9.15. The molecule has 32 heavy (non-hydrogen) atoms. The van der Waals surface area contributed by atoms with Crippen LogP contribution in [-0.2, 0) is 6.18 Å². The van der Waals surface area contributed by atoms with E-state index in [-0.39, 0.29) is 30.0 Å². The topological polar surface area (TPSA) is 50.2 Å². The van der Waals surface area contributed by atoms with Gasteiger partial charge in [0.25, 0.3) is 0 Å². The first-order valence-electron chi connectivity index (χ1n) is 9.70. The van der Waals surface area contributed by atoms with Crippen LogP contribution in [0.15, 0.2) is 36.4 Å². The van der Waals surface area contributed by atoms with Crippen LogP contribution in [0.2, 0.25) is 5.02 Å². The van der Waals surface area contributed by atoms with E-state index in [0.29, 0.717) is 31.4 Å². The molecule has 0 radical (unpaired) electrons. The molecule has 0 unspecified atom stereocenters. The third kappa shape index (κ3) is 4.78. The lowest BCUT2D eigenvalue weighted by Gasteiger charge is -2.33. The fraction of sp³-hybridized carbons (Fsp3) is 0.333. The Morgan fingerprint density at radius 3 is 2.50 bits per heavy atom. The van der Waals surface area contributed by atoms with Gasteiger partial charge in [0.15, 0.2) is 0 Å². The van der Waals surface area contributed by atoms with Crippen LogP contribution in [0.1, 0.15) is 30.3 Å². The maximum absolute atomic E-state index is 13.5. The van der Waals surface area contributed by atoms with Crippen molar-refractivity contribution < 1.29 is 22.4 Å². The minimum Gasteiger partial charge on any atom is -0.325 e. The molecular weight excluding hydrogens is 471 g/mol. The number of anilines is 1. The number of likely N-dealkylation sites (tertiary alicyclic amines) is 1. The fourth-order valence-corrected chi connectivity index (χ4v) is 4.23. The number of imidazole rings is 1. The van der Waals surface area contributed by atoms with Crippen LogP contribution in [0.4, 0.5) is 28.0 Å². The Bertz CT molecular complexity index is 1140. The second-order valence-electron chi connectivity index (χ2n) is 7.50. The molecule has 11 heteroatoms. The zero-order chi connectivity index (χ0) is 22.3. The monoisotopic (exact) mass is 490 g/mol. The highest BCUT2D eigenvalue weighted by atomic mass is 35.5. The third-order valence-electron chi connectivity index (χ3n) is 5.47. The zero-order valence-corrected chi connectivity index (χ0v) is 18.5. The van der Waals surface area contributed by atoms with Gasteiger partial charge in [-0.25, -0.2) is 14.2 Å². The summed E-state index contributed by atoms with van der Waals surface area (Å²) in [6.45, 7) is 2.71. The fourth-order valence-electron chi connectivity index (χ4n) is 4.00. The largest absolute Gasteiger partial charge is 0.417 e. The van der Waals surface area contributed by atoms with Gasteiger partial charge in [-0.05, 0) is 50.1 Å². The van der Waals surface area contributed by atoms with Crippen molar-refractivity contribution >= 4 is 46.8 Å². The van der Waals surface area contributed by atoms with Crippen LogP contribution in [-0.4, -0.2) is 33.6 Å². The Morgan fingerprint density at radius 2 is 1.84 bits per heavy atom. The lowest BCUT2D eigenvalue weighted by atomic mass is 10.0. The van der Waals surface area contributed by atoms with Crippen molar-refractivity contribution in [3.63, 3.8) is 0 Å². The smallest absolute Gasteiger partial charge is 0.325 e. The van der Waals surface area contributed by atoms with E-state index >= 15 is 0 Å². The molecule has 1 aliphatic heterocycles. The number of amides is 2. The molecule has 1 aromatic heterocycles. The summed E-state index contributed by atoms with van der Waals surface area (Å²) in [5.41, 5.74) is 0.454. The first-order chi connectivity index (χ1) is 14.6. The summed E-state index contributed by atoms with van der Waals surface area (Å²) in [7, 11) is 0. The van der Waals surface area contributed by atoms with Crippen molar-refractivity contribution in [1.82, 2.24) is 14.5 Å². The van der Waals surface area contributed by atoms with Gasteiger partial charge in [-0.2, -0.15) is 13.2 Å². The van der Waals surface area contributed by atoms with Crippen LogP contribution < -0.4 is 5.32 Å². The van der Waals surface area contributed by atoms with Gasteiger partial charge < -0.3 is 14.8 Å². The quantitative estimate of drug-likeness (QED) is 0.419. The van der Waals surface area contributed by atoms with Crippen LogP contribution in [0.5, 0.6) is 0 Å². The summed E-state index contributed by atoms with van der Waals surface area (Å²) in [5, 5.41) is 2.09. The number of alkyl halides is 3. The van der Waals surface area contributed by atoms with Crippen molar-refractivity contribution in [1.29, 1.82) is 0 Å². The number of aromatic nitrogens is 2. The first kappa shape index (κ1) is 24.1. The van der Waals surface area contributed by atoms with Crippen LogP contribution >= 0.6 is 24.0 Å².